The lowest BCUT2D eigenvalue weighted by Gasteiger charge is -2.26. The summed E-state index contributed by atoms with van der Waals surface area (Å²) >= 11 is 12.9. The van der Waals surface area contributed by atoms with Crippen LogP contribution in [-0.2, 0) is 20.4 Å². The fraction of sp³-hybridized carbons (Fsp3) is 0.348. The Morgan fingerprint density at radius 2 is 1.92 bits per heavy atom. The molecule has 190 valence electrons. The smallest absolute Gasteiger partial charge is 0.452 e. The summed E-state index contributed by atoms with van der Waals surface area (Å²) in [6.45, 7) is 2.31. The molecule has 0 bridgehead atoms. The number of fused-ring (bicyclic) bond motifs is 4. The number of hydrogen-bond acceptors (Lipinski definition) is 7. The molecule has 1 aromatic heterocycles. The van der Waals surface area contributed by atoms with E-state index < -0.39 is 36.6 Å². The van der Waals surface area contributed by atoms with Crippen LogP contribution in [0.1, 0.15) is 48.3 Å². The Labute approximate surface area is 212 Å². The third kappa shape index (κ3) is 4.35. The van der Waals surface area contributed by atoms with Crippen molar-refractivity contribution in [2.24, 2.45) is 0 Å². The number of carbonyl (C=O) groups excluding carboxylic acids is 1. The number of halogens is 5. The highest BCUT2D eigenvalue weighted by Gasteiger charge is 2.44. The second-order valence-corrected chi connectivity index (χ2v) is 8.74. The zero-order valence-corrected chi connectivity index (χ0v) is 20.2. The van der Waals surface area contributed by atoms with Crippen LogP contribution in [0.4, 0.5) is 13.2 Å². The summed E-state index contributed by atoms with van der Waals surface area (Å²) < 4.78 is 65.3. The predicted octanol–water partition coefficient (Wildman–Crippen LogP) is 5.48. The second kappa shape index (κ2) is 9.45. The third-order valence-corrected chi connectivity index (χ3v) is 6.29. The van der Waals surface area contributed by atoms with E-state index in [0.717, 1.165) is 4.57 Å². The lowest BCUT2D eigenvalue weighted by Crippen LogP contribution is -2.19. The van der Waals surface area contributed by atoms with Crippen molar-refractivity contribution in [2.75, 3.05) is 19.8 Å². The molecule has 8 nitrogen and oxygen atoms in total. The van der Waals surface area contributed by atoms with Gasteiger partial charge in [0.2, 0.25) is 5.82 Å². The molecular weight excluding hydrogens is 526 g/mol. The normalized spacial score (nSPS) is 18.7. The van der Waals surface area contributed by atoms with Crippen LogP contribution in [-0.4, -0.2) is 40.6 Å². The van der Waals surface area contributed by atoms with Gasteiger partial charge in [0.05, 0.1) is 23.7 Å². The standard InChI is InChI=1S/C23H18Cl2F3N3O5/c1-2-33-17(32)10-16-21-29-30-22(23(26,27)28)31(21)14-5-3-11(24)9-13(14)19(36-16)12-4-6-15-20(18(12)25)35-8-7-34-15/h3-6,9,16,19H,2,7-8,10H2,1H3/t16-,19-/m1/s1. The molecule has 3 aromatic rings. The van der Waals surface area contributed by atoms with Crippen molar-refractivity contribution < 1.29 is 36.9 Å². The Hall–Kier alpha value is -3.02. The first-order chi connectivity index (χ1) is 17.2. The number of esters is 1. The van der Waals surface area contributed by atoms with E-state index in [1.165, 1.54) is 18.2 Å². The number of carbonyl (C=O) groups is 1. The molecule has 5 rings (SSSR count). The first kappa shape index (κ1) is 24.7. The summed E-state index contributed by atoms with van der Waals surface area (Å²) in [6.07, 6.45) is -7.56. The van der Waals surface area contributed by atoms with Gasteiger partial charge in [0.1, 0.15) is 25.4 Å². The van der Waals surface area contributed by atoms with Gasteiger partial charge in [-0.1, -0.05) is 29.3 Å². The average Bonchev–Trinajstić information content (AvgIpc) is 3.24. The summed E-state index contributed by atoms with van der Waals surface area (Å²) in [4.78, 5) is 12.4. The number of aromatic nitrogens is 3. The van der Waals surface area contributed by atoms with Gasteiger partial charge in [-0.15, -0.1) is 10.2 Å². The van der Waals surface area contributed by atoms with Gasteiger partial charge in [0.25, 0.3) is 0 Å². The minimum absolute atomic E-state index is 0.0778. The Morgan fingerprint density at radius 3 is 2.67 bits per heavy atom. The molecule has 3 heterocycles. The summed E-state index contributed by atoms with van der Waals surface area (Å²) in [5.74, 6) is -1.45. The zero-order chi connectivity index (χ0) is 25.6. The fourth-order valence-corrected chi connectivity index (χ4v) is 4.70. The maximum Gasteiger partial charge on any atom is 0.452 e. The number of rotatable bonds is 4. The highest BCUT2D eigenvalue weighted by atomic mass is 35.5. The van der Waals surface area contributed by atoms with Gasteiger partial charge in [0, 0.05) is 16.1 Å². The Balaban J connectivity index is 1.73. The van der Waals surface area contributed by atoms with Crippen molar-refractivity contribution in [3.05, 3.63) is 63.2 Å². The first-order valence-electron chi connectivity index (χ1n) is 10.9. The lowest BCUT2D eigenvalue weighted by atomic mass is 9.98. The van der Waals surface area contributed by atoms with Crippen LogP contribution in [0.2, 0.25) is 10.0 Å². The van der Waals surface area contributed by atoms with Crippen molar-refractivity contribution in [3.8, 4) is 17.2 Å². The lowest BCUT2D eigenvalue weighted by molar-refractivity contribution is -0.147. The van der Waals surface area contributed by atoms with Crippen LogP contribution in [0.15, 0.2) is 30.3 Å². The molecule has 13 heteroatoms. The maximum atomic E-state index is 14.0. The SMILES string of the molecule is CCOC(=O)C[C@H]1O[C@H](c2ccc3c(c2Cl)OCCO3)c2cc(Cl)ccc2-n2c1nnc2C(F)(F)F. The van der Waals surface area contributed by atoms with Crippen LogP contribution in [0, 0.1) is 0 Å². The van der Waals surface area contributed by atoms with E-state index in [-0.39, 0.29) is 46.1 Å². The highest BCUT2D eigenvalue weighted by molar-refractivity contribution is 6.33. The van der Waals surface area contributed by atoms with Crippen LogP contribution in [0.25, 0.3) is 5.69 Å². The molecule has 0 radical (unpaired) electrons. The molecule has 0 unspecified atom stereocenters. The summed E-state index contributed by atoms with van der Waals surface area (Å²) in [6, 6.07) is 7.60. The van der Waals surface area contributed by atoms with Crippen molar-refractivity contribution >= 4 is 29.2 Å². The molecule has 0 saturated carbocycles. The molecule has 2 aliphatic rings. The third-order valence-electron chi connectivity index (χ3n) is 5.66. The Bertz CT molecular complexity index is 1330. The van der Waals surface area contributed by atoms with Crippen LogP contribution < -0.4 is 9.47 Å². The second-order valence-electron chi connectivity index (χ2n) is 7.92. The first-order valence-corrected chi connectivity index (χ1v) is 11.7. The Morgan fingerprint density at radius 1 is 1.14 bits per heavy atom. The molecule has 2 atom stereocenters. The van der Waals surface area contributed by atoms with Crippen molar-refractivity contribution in [3.63, 3.8) is 0 Å². The monoisotopic (exact) mass is 543 g/mol. The van der Waals surface area contributed by atoms with Crippen LogP contribution in [0.3, 0.4) is 0 Å². The molecule has 0 fully saturated rings. The highest BCUT2D eigenvalue weighted by Crippen LogP contribution is 2.48. The van der Waals surface area contributed by atoms with Gasteiger partial charge in [-0.05, 0) is 31.2 Å². The van der Waals surface area contributed by atoms with E-state index in [1.807, 2.05) is 0 Å². The summed E-state index contributed by atoms with van der Waals surface area (Å²) in [7, 11) is 0. The molecule has 2 aromatic carbocycles. The molecule has 36 heavy (non-hydrogen) atoms. The maximum absolute atomic E-state index is 14.0. The van der Waals surface area contributed by atoms with E-state index >= 15 is 0 Å². The van der Waals surface area contributed by atoms with Gasteiger partial charge in [0.15, 0.2) is 17.3 Å². The number of nitrogens with zero attached hydrogens (tertiary/aromatic N) is 3. The minimum Gasteiger partial charge on any atom is -0.486 e. The fourth-order valence-electron chi connectivity index (χ4n) is 4.21. The topological polar surface area (TPSA) is 84.7 Å². The van der Waals surface area contributed by atoms with Gasteiger partial charge in [-0.25, -0.2) is 0 Å². The zero-order valence-electron chi connectivity index (χ0n) is 18.6. The predicted molar refractivity (Wildman–Crippen MR) is 121 cm³/mol. The van der Waals surface area contributed by atoms with Crippen molar-refractivity contribution in [1.29, 1.82) is 0 Å². The Kier molecular flexibility index (Phi) is 6.48. The molecule has 0 spiro atoms. The van der Waals surface area contributed by atoms with Crippen molar-refractivity contribution in [1.82, 2.24) is 14.8 Å². The van der Waals surface area contributed by atoms with E-state index in [1.54, 1.807) is 19.1 Å². The summed E-state index contributed by atoms with van der Waals surface area (Å²) in [5, 5.41) is 7.55. The molecule has 0 amide bonds. The van der Waals surface area contributed by atoms with E-state index in [4.69, 9.17) is 42.1 Å². The molecule has 0 saturated heterocycles. The summed E-state index contributed by atoms with van der Waals surface area (Å²) in [5.41, 5.74) is 0.721. The average molecular weight is 544 g/mol. The van der Waals surface area contributed by atoms with Crippen molar-refractivity contribution in [2.45, 2.75) is 31.7 Å². The largest absolute Gasteiger partial charge is 0.486 e. The van der Waals surface area contributed by atoms with E-state index in [9.17, 15) is 18.0 Å². The number of alkyl halides is 3. The number of benzene rings is 2. The molecule has 2 aliphatic heterocycles. The van der Waals surface area contributed by atoms with Gasteiger partial charge >= 0.3 is 12.1 Å². The van der Waals surface area contributed by atoms with E-state index in [2.05, 4.69) is 10.2 Å². The van der Waals surface area contributed by atoms with Gasteiger partial charge in [-0.3, -0.25) is 9.36 Å². The number of ether oxygens (including phenoxy) is 4. The van der Waals surface area contributed by atoms with Gasteiger partial charge in [-0.2, -0.15) is 13.2 Å². The number of hydrogen-bond donors (Lipinski definition) is 0. The van der Waals surface area contributed by atoms with Gasteiger partial charge < -0.3 is 18.9 Å². The minimum atomic E-state index is -4.84. The van der Waals surface area contributed by atoms with E-state index in [0.29, 0.717) is 17.9 Å². The van der Waals surface area contributed by atoms with Crippen LogP contribution >= 0.6 is 23.2 Å². The quantitative estimate of drug-likeness (QED) is 0.403. The molecule has 0 N–H and O–H groups in total. The molecular formula is C23H18Cl2F3N3O5. The molecule has 0 aliphatic carbocycles. The van der Waals surface area contributed by atoms with Crippen LogP contribution in [0.5, 0.6) is 11.5 Å².